The van der Waals surface area contributed by atoms with Crippen LogP contribution in [0.4, 0.5) is 4.39 Å². The molecule has 5 nitrogen and oxygen atoms in total. The third-order valence-corrected chi connectivity index (χ3v) is 3.65. The van der Waals surface area contributed by atoms with Crippen molar-refractivity contribution < 1.29 is 14.3 Å². The maximum Gasteiger partial charge on any atom is 0.170 e. The summed E-state index contributed by atoms with van der Waals surface area (Å²) in [6.07, 6.45) is 2.36. The van der Waals surface area contributed by atoms with Crippen molar-refractivity contribution in [2.45, 2.75) is 25.5 Å². The first-order valence-electron chi connectivity index (χ1n) is 6.65. The van der Waals surface area contributed by atoms with Gasteiger partial charge in [0.15, 0.2) is 5.84 Å². The third-order valence-electron chi connectivity index (χ3n) is 3.65. The highest BCUT2D eigenvalue weighted by atomic mass is 19.1. The van der Waals surface area contributed by atoms with E-state index in [0.29, 0.717) is 12.1 Å². The Kier molecular flexibility index (Phi) is 4.92. The maximum absolute atomic E-state index is 13.3. The maximum atomic E-state index is 13.3. The van der Waals surface area contributed by atoms with E-state index in [1.54, 1.807) is 13.2 Å². The van der Waals surface area contributed by atoms with Crippen molar-refractivity contribution >= 4 is 5.84 Å². The average Bonchev–Trinajstić information content (AvgIpc) is 2.48. The van der Waals surface area contributed by atoms with E-state index in [-0.39, 0.29) is 11.9 Å². The Balaban J connectivity index is 2.16. The number of rotatable bonds is 4. The second-order valence-electron chi connectivity index (χ2n) is 5.02. The average molecular weight is 281 g/mol. The second-order valence-corrected chi connectivity index (χ2v) is 5.02. The summed E-state index contributed by atoms with van der Waals surface area (Å²) in [4.78, 5) is 2.24. The molecule has 0 spiro atoms. The summed E-state index contributed by atoms with van der Waals surface area (Å²) >= 11 is 0. The molecular formula is C14H20FN3O2. The second kappa shape index (κ2) is 6.67. The molecule has 20 heavy (non-hydrogen) atoms. The molecule has 0 amide bonds. The number of amidine groups is 1. The molecule has 1 aromatic rings. The van der Waals surface area contributed by atoms with E-state index in [1.807, 2.05) is 0 Å². The molecule has 0 aromatic heterocycles. The zero-order valence-electron chi connectivity index (χ0n) is 11.6. The van der Waals surface area contributed by atoms with Crippen LogP contribution >= 0.6 is 0 Å². The first-order valence-corrected chi connectivity index (χ1v) is 6.65. The van der Waals surface area contributed by atoms with E-state index in [0.717, 1.165) is 31.5 Å². The Morgan fingerprint density at radius 1 is 1.60 bits per heavy atom. The van der Waals surface area contributed by atoms with Crippen LogP contribution in [0.2, 0.25) is 0 Å². The molecule has 1 aliphatic rings. The molecule has 0 radical (unpaired) electrons. The van der Waals surface area contributed by atoms with Crippen molar-refractivity contribution in [1.82, 2.24) is 4.90 Å². The van der Waals surface area contributed by atoms with Crippen molar-refractivity contribution in [3.63, 3.8) is 0 Å². The van der Waals surface area contributed by atoms with Crippen LogP contribution in [-0.4, -0.2) is 42.2 Å². The van der Waals surface area contributed by atoms with Gasteiger partial charge in [0.1, 0.15) is 5.82 Å². The quantitative estimate of drug-likeness (QED) is 0.380. The Hall–Kier alpha value is -1.66. The van der Waals surface area contributed by atoms with Gasteiger partial charge in [-0.15, -0.1) is 0 Å². The van der Waals surface area contributed by atoms with Crippen molar-refractivity contribution in [3.8, 4) is 0 Å². The normalized spacial score (nSPS) is 21.1. The van der Waals surface area contributed by atoms with Crippen LogP contribution in [0.25, 0.3) is 0 Å². The number of halogens is 1. The summed E-state index contributed by atoms with van der Waals surface area (Å²) in [7, 11) is 1.72. The van der Waals surface area contributed by atoms with Crippen LogP contribution in [-0.2, 0) is 11.3 Å². The molecule has 1 aliphatic heterocycles. The molecule has 0 bridgehead atoms. The minimum Gasteiger partial charge on any atom is -0.409 e. The monoisotopic (exact) mass is 281 g/mol. The zero-order valence-corrected chi connectivity index (χ0v) is 11.6. The van der Waals surface area contributed by atoms with Crippen LogP contribution in [0.15, 0.2) is 23.4 Å². The van der Waals surface area contributed by atoms with Gasteiger partial charge in [0, 0.05) is 25.8 Å². The lowest BCUT2D eigenvalue weighted by molar-refractivity contribution is 0.0285. The molecule has 1 fully saturated rings. The third kappa shape index (κ3) is 3.46. The van der Waals surface area contributed by atoms with Gasteiger partial charge >= 0.3 is 0 Å². The Morgan fingerprint density at radius 2 is 2.40 bits per heavy atom. The van der Waals surface area contributed by atoms with E-state index < -0.39 is 5.82 Å². The van der Waals surface area contributed by atoms with E-state index >= 15 is 0 Å². The molecule has 1 aromatic carbocycles. The molecule has 1 unspecified atom stereocenters. The van der Waals surface area contributed by atoms with Crippen LogP contribution in [0, 0.1) is 5.82 Å². The standard InChI is InChI=1S/C14H20FN3O2/c1-20-12-3-2-6-18(9-12)8-10-4-5-11(15)7-13(10)14(16)17-19/h4-5,7,12,19H,2-3,6,8-9H2,1H3,(H2,16,17). The highest BCUT2D eigenvalue weighted by Gasteiger charge is 2.20. The smallest absolute Gasteiger partial charge is 0.170 e. The minimum atomic E-state index is -0.399. The first kappa shape index (κ1) is 14.7. The van der Waals surface area contributed by atoms with Gasteiger partial charge in [-0.3, -0.25) is 4.90 Å². The van der Waals surface area contributed by atoms with E-state index in [9.17, 15) is 4.39 Å². The van der Waals surface area contributed by atoms with E-state index in [4.69, 9.17) is 15.7 Å². The number of nitrogens with zero attached hydrogens (tertiary/aromatic N) is 2. The summed E-state index contributed by atoms with van der Waals surface area (Å²) in [5.74, 6) is -0.469. The van der Waals surface area contributed by atoms with Crippen molar-refractivity contribution in [2.75, 3.05) is 20.2 Å². The predicted molar refractivity (Wildman–Crippen MR) is 74.2 cm³/mol. The number of hydrogen-bond donors (Lipinski definition) is 2. The highest BCUT2D eigenvalue weighted by Crippen LogP contribution is 2.18. The van der Waals surface area contributed by atoms with Crippen LogP contribution < -0.4 is 5.73 Å². The van der Waals surface area contributed by atoms with Gasteiger partial charge in [-0.05, 0) is 37.1 Å². The molecule has 110 valence electrons. The number of ether oxygens (including phenoxy) is 1. The number of piperidine rings is 1. The highest BCUT2D eigenvalue weighted by molar-refractivity contribution is 5.98. The van der Waals surface area contributed by atoms with Gasteiger partial charge in [0.25, 0.3) is 0 Å². The Labute approximate surface area is 117 Å². The first-order chi connectivity index (χ1) is 9.63. The SMILES string of the molecule is COC1CCCN(Cc2ccc(F)cc2/C(N)=N/O)C1. The predicted octanol–water partition coefficient (Wildman–Crippen LogP) is 1.53. The Bertz CT molecular complexity index is 493. The fourth-order valence-electron chi connectivity index (χ4n) is 2.57. The molecule has 0 aliphatic carbocycles. The lowest BCUT2D eigenvalue weighted by Crippen LogP contribution is -2.39. The number of hydrogen-bond acceptors (Lipinski definition) is 4. The summed E-state index contributed by atoms with van der Waals surface area (Å²) in [6.45, 7) is 2.43. The van der Waals surface area contributed by atoms with Crippen LogP contribution in [0.1, 0.15) is 24.0 Å². The number of methoxy groups -OCH3 is 1. The van der Waals surface area contributed by atoms with Gasteiger partial charge in [0.05, 0.1) is 6.10 Å². The van der Waals surface area contributed by atoms with Gasteiger partial charge in [-0.2, -0.15) is 0 Å². The minimum absolute atomic E-state index is 0.0696. The molecule has 0 saturated carbocycles. The van der Waals surface area contributed by atoms with Crippen LogP contribution in [0.5, 0.6) is 0 Å². The molecule has 2 rings (SSSR count). The fourth-order valence-corrected chi connectivity index (χ4v) is 2.57. The molecule has 1 atom stereocenters. The topological polar surface area (TPSA) is 71.1 Å². The number of likely N-dealkylation sites (tertiary alicyclic amines) is 1. The van der Waals surface area contributed by atoms with Gasteiger partial charge in [0.2, 0.25) is 0 Å². The lowest BCUT2D eigenvalue weighted by atomic mass is 10.0. The lowest BCUT2D eigenvalue weighted by Gasteiger charge is -2.32. The fraction of sp³-hybridized carbons (Fsp3) is 0.500. The Morgan fingerprint density at radius 3 is 3.10 bits per heavy atom. The van der Waals surface area contributed by atoms with E-state index in [1.165, 1.54) is 12.1 Å². The number of benzene rings is 1. The van der Waals surface area contributed by atoms with Crippen LogP contribution in [0.3, 0.4) is 0 Å². The molecule has 6 heteroatoms. The molecule has 3 N–H and O–H groups in total. The summed E-state index contributed by atoms with van der Waals surface area (Å²) in [5.41, 5.74) is 6.90. The summed E-state index contributed by atoms with van der Waals surface area (Å²) in [6, 6.07) is 4.36. The van der Waals surface area contributed by atoms with Crippen molar-refractivity contribution in [2.24, 2.45) is 10.9 Å². The molecule has 1 saturated heterocycles. The molecule has 1 heterocycles. The zero-order chi connectivity index (χ0) is 14.5. The summed E-state index contributed by atoms with van der Waals surface area (Å²) < 4.78 is 18.7. The van der Waals surface area contributed by atoms with Gasteiger partial charge in [-0.1, -0.05) is 11.2 Å². The van der Waals surface area contributed by atoms with Crippen molar-refractivity contribution in [1.29, 1.82) is 0 Å². The van der Waals surface area contributed by atoms with Gasteiger partial charge < -0.3 is 15.7 Å². The number of oxime groups is 1. The number of nitrogens with two attached hydrogens (primary N) is 1. The van der Waals surface area contributed by atoms with Crippen molar-refractivity contribution in [3.05, 3.63) is 35.1 Å². The summed E-state index contributed by atoms with van der Waals surface area (Å²) in [5, 5.41) is 11.8. The largest absolute Gasteiger partial charge is 0.409 e. The molecular weight excluding hydrogens is 261 g/mol. The van der Waals surface area contributed by atoms with Gasteiger partial charge in [-0.25, -0.2) is 4.39 Å². The van der Waals surface area contributed by atoms with E-state index in [2.05, 4.69) is 10.1 Å².